The summed E-state index contributed by atoms with van der Waals surface area (Å²) in [5, 5.41) is 11.5. The van der Waals surface area contributed by atoms with Gasteiger partial charge in [0.25, 0.3) is 5.91 Å². The van der Waals surface area contributed by atoms with E-state index in [1.54, 1.807) is 19.1 Å². The number of thioether (sulfide) groups is 1. The normalized spacial score (nSPS) is 23.6. The lowest BCUT2D eigenvalue weighted by molar-refractivity contribution is -0.0389. The molecule has 1 saturated carbocycles. The van der Waals surface area contributed by atoms with Gasteiger partial charge in [-0.05, 0) is 62.5 Å². The Hall–Kier alpha value is -2.75. The van der Waals surface area contributed by atoms with E-state index in [9.17, 15) is 18.0 Å². The number of halogens is 3. The molecule has 0 spiro atoms. The van der Waals surface area contributed by atoms with E-state index in [-0.39, 0.29) is 40.3 Å². The molecule has 3 aliphatic rings. The third kappa shape index (κ3) is 4.67. The Morgan fingerprint density at radius 3 is 2.86 bits per heavy atom. The zero-order valence-electron chi connectivity index (χ0n) is 19.9. The van der Waals surface area contributed by atoms with E-state index >= 15 is 0 Å². The second kappa shape index (κ2) is 9.28. The van der Waals surface area contributed by atoms with Crippen LogP contribution in [0.25, 0.3) is 5.52 Å². The van der Waals surface area contributed by atoms with Gasteiger partial charge in [-0.3, -0.25) is 4.79 Å². The highest BCUT2D eigenvalue weighted by Gasteiger charge is 2.56. The molecule has 3 aromatic rings. The number of hydrogen-bond donors (Lipinski definition) is 2. The molecular weight excluding hydrogens is 509 g/mol. The zero-order valence-corrected chi connectivity index (χ0v) is 21.6. The molecule has 3 aromatic heterocycles. The smallest absolute Gasteiger partial charge is 0.364 e. The Balaban J connectivity index is 1.41. The number of aromatic nitrogens is 3. The molecule has 0 unspecified atom stereocenters. The summed E-state index contributed by atoms with van der Waals surface area (Å²) in [5.74, 6) is 6.21. The van der Waals surface area contributed by atoms with E-state index in [4.69, 9.17) is 0 Å². The van der Waals surface area contributed by atoms with E-state index in [1.165, 1.54) is 22.0 Å². The molecule has 2 aliphatic heterocycles. The molecule has 1 amide bonds. The van der Waals surface area contributed by atoms with Crippen LogP contribution in [0.5, 0.6) is 0 Å². The molecule has 36 heavy (non-hydrogen) atoms. The number of rotatable bonds is 5. The Kier molecular flexibility index (Phi) is 6.43. The van der Waals surface area contributed by atoms with Gasteiger partial charge >= 0.3 is 5.51 Å². The van der Waals surface area contributed by atoms with Crippen LogP contribution in [0.15, 0.2) is 29.3 Å². The first kappa shape index (κ1) is 24.9. The van der Waals surface area contributed by atoms with Crippen molar-refractivity contribution in [1.82, 2.24) is 24.8 Å². The molecule has 7 nitrogen and oxygen atoms in total. The Labute approximate surface area is 214 Å². The average molecular weight is 535 g/mol. The molecule has 1 aliphatic carbocycles. The van der Waals surface area contributed by atoms with E-state index in [0.29, 0.717) is 28.2 Å². The summed E-state index contributed by atoms with van der Waals surface area (Å²) in [7, 11) is 2.13. The Morgan fingerprint density at radius 1 is 1.39 bits per heavy atom. The van der Waals surface area contributed by atoms with Gasteiger partial charge in [-0.1, -0.05) is 18.9 Å². The second-order valence-electron chi connectivity index (χ2n) is 9.23. The molecule has 2 bridgehead atoms. The van der Waals surface area contributed by atoms with E-state index in [0.717, 1.165) is 24.4 Å². The second-order valence-corrected chi connectivity index (χ2v) is 11.5. The predicted molar refractivity (Wildman–Crippen MR) is 134 cm³/mol. The number of nitrogens with zero attached hydrogens (tertiary/aromatic N) is 4. The summed E-state index contributed by atoms with van der Waals surface area (Å²) >= 11 is 1.03. The van der Waals surface area contributed by atoms with Gasteiger partial charge in [-0.2, -0.15) is 18.3 Å². The fraction of sp³-hybridized carbons (Fsp3) is 0.458. The molecule has 3 fully saturated rings. The summed E-state index contributed by atoms with van der Waals surface area (Å²) in [5.41, 5.74) is -4.23. The number of pyridine rings is 1. The molecule has 5 heterocycles. The number of thiazole rings is 1. The van der Waals surface area contributed by atoms with Gasteiger partial charge in [0.05, 0.1) is 28.2 Å². The van der Waals surface area contributed by atoms with Crippen molar-refractivity contribution in [1.29, 1.82) is 0 Å². The van der Waals surface area contributed by atoms with Gasteiger partial charge in [0, 0.05) is 18.1 Å². The number of fused-ring (bicyclic) bond motifs is 3. The van der Waals surface area contributed by atoms with Gasteiger partial charge < -0.3 is 15.5 Å². The zero-order chi connectivity index (χ0) is 25.7. The summed E-state index contributed by atoms with van der Waals surface area (Å²) in [6.07, 6.45) is 3.42. The topological polar surface area (TPSA) is 74.6 Å². The van der Waals surface area contributed by atoms with Gasteiger partial charge in [-0.15, -0.1) is 11.3 Å². The molecule has 2 saturated heterocycles. The van der Waals surface area contributed by atoms with Crippen molar-refractivity contribution < 1.29 is 18.0 Å². The summed E-state index contributed by atoms with van der Waals surface area (Å²) in [6, 6.07) is 5.69. The predicted octanol–water partition coefficient (Wildman–Crippen LogP) is 4.39. The number of carbonyl (C=O) groups is 1. The van der Waals surface area contributed by atoms with Gasteiger partial charge in [0.2, 0.25) is 0 Å². The van der Waals surface area contributed by atoms with Crippen LogP contribution in [0.2, 0.25) is 0 Å². The largest absolute Gasteiger partial charge is 0.446 e. The van der Waals surface area contributed by atoms with Crippen LogP contribution < -0.4 is 10.6 Å². The van der Waals surface area contributed by atoms with Gasteiger partial charge in [-0.25, -0.2) is 9.50 Å². The summed E-state index contributed by atoms with van der Waals surface area (Å²) < 4.78 is 41.8. The summed E-state index contributed by atoms with van der Waals surface area (Å²) in [4.78, 5) is 19.0. The molecule has 190 valence electrons. The van der Waals surface area contributed by atoms with Crippen LogP contribution >= 0.6 is 23.1 Å². The minimum Gasteiger partial charge on any atom is -0.364 e. The Bertz CT molecular complexity index is 1370. The average Bonchev–Trinajstić information content (AvgIpc) is 3.40. The first-order valence-corrected chi connectivity index (χ1v) is 13.1. The number of nitrogens with one attached hydrogen (secondary N) is 2. The van der Waals surface area contributed by atoms with Crippen molar-refractivity contribution in [2.45, 2.75) is 48.7 Å². The maximum Gasteiger partial charge on any atom is 0.446 e. The van der Waals surface area contributed by atoms with Crippen molar-refractivity contribution >= 4 is 40.3 Å². The number of carbonyl (C=O) groups excluding carboxylic acids is 1. The lowest BCUT2D eigenvalue weighted by atomic mass is 9.58. The minimum absolute atomic E-state index is 0.0230. The maximum absolute atomic E-state index is 13.4. The quantitative estimate of drug-likeness (QED) is 0.374. The number of hydrogen-bond acceptors (Lipinski definition) is 7. The number of aryl methyl sites for hydroxylation is 1. The highest BCUT2D eigenvalue weighted by molar-refractivity contribution is 8.00. The number of anilines is 1. The van der Waals surface area contributed by atoms with Crippen molar-refractivity contribution in [2.75, 3.05) is 25.5 Å². The first-order valence-electron chi connectivity index (χ1n) is 11.5. The van der Waals surface area contributed by atoms with Crippen LogP contribution in [-0.4, -0.2) is 62.6 Å². The highest BCUT2D eigenvalue weighted by atomic mass is 32.2. The monoisotopic (exact) mass is 534 g/mol. The van der Waals surface area contributed by atoms with Crippen LogP contribution in [-0.2, 0) is 0 Å². The molecule has 0 radical (unpaired) electrons. The molecule has 3 atom stereocenters. The van der Waals surface area contributed by atoms with Crippen molar-refractivity contribution in [3.8, 4) is 11.8 Å². The maximum atomic E-state index is 13.4. The fourth-order valence-corrected chi connectivity index (χ4v) is 6.45. The van der Waals surface area contributed by atoms with E-state index < -0.39 is 5.51 Å². The number of alkyl halides is 3. The Morgan fingerprint density at radius 2 is 2.19 bits per heavy atom. The standard InChI is InChI=1S/C24H25F3N6OS2/c1-14-18-12-23(14,9-11-32(18)3)30-20-8-4-7-17-21(36-24(25,26)27)16(31-33(17)20)6-5-10-28-22(34)19-13-29-15(2)35-19/h4,7-8,13-14,18,30H,9-12H2,1-3H3,(H,28,34)/t14-,18-,23-/m0/s1. The summed E-state index contributed by atoms with van der Waals surface area (Å²) in [6.45, 7) is 4.95. The van der Waals surface area contributed by atoms with Crippen LogP contribution in [0.3, 0.4) is 0 Å². The lowest BCUT2D eigenvalue weighted by Gasteiger charge is -2.62. The van der Waals surface area contributed by atoms with E-state index in [1.807, 2.05) is 6.07 Å². The number of amides is 1. The molecule has 0 aromatic carbocycles. The molecule has 2 N–H and O–H groups in total. The van der Waals surface area contributed by atoms with Crippen LogP contribution in [0.4, 0.5) is 19.0 Å². The number of piperidine rings is 2. The van der Waals surface area contributed by atoms with Crippen LogP contribution in [0.1, 0.15) is 40.1 Å². The van der Waals surface area contributed by atoms with E-state index in [2.05, 4.69) is 51.4 Å². The minimum atomic E-state index is -4.50. The fourth-order valence-electron chi connectivity index (χ4n) is 5.08. The lowest BCUT2D eigenvalue weighted by Crippen LogP contribution is -2.70. The highest BCUT2D eigenvalue weighted by Crippen LogP contribution is 2.50. The van der Waals surface area contributed by atoms with Crippen LogP contribution in [0, 0.1) is 24.7 Å². The third-order valence-electron chi connectivity index (χ3n) is 7.10. The van der Waals surface area contributed by atoms with Gasteiger partial charge in [0.15, 0.2) is 0 Å². The molecular formula is C24H25F3N6OS2. The SMILES string of the molecule is Cc1ncc(C(=O)NCC#Cc2nn3c(N[C@@]45CCN(C)[C@@H](C4)[C@@H]5C)cccc3c2SC(F)(F)F)s1. The third-order valence-corrected chi connectivity index (χ3v) is 8.84. The molecule has 12 heteroatoms. The van der Waals surface area contributed by atoms with Crippen molar-refractivity contribution in [2.24, 2.45) is 5.92 Å². The molecule has 6 rings (SSSR count). The first-order chi connectivity index (χ1) is 17.1. The van der Waals surface area contributed by atoms with Crippen molar-refractivity contribution in [3.63, 3.8) is 0 Å². The van der Waals surface area contributed by atoms with Crippen molar-refractivity contribution in [3.05, 3.63) is 40.0 Å². The van der Waals surface area contributed by atoms with Gasteiger partial charge in [0.1, 0.15) is 16.4 Å².